The Morgan fingerprint density at radius 2 is 1.95 bits per heavy atom. The number of rotatable bonds is 2. The first kappa shape index (κ1) is 13.4. The van der Waals surface area contributed by atoms with Crippen LogP contribution in [0.2, 0.25) is 0 Å². The molecule has 19 heavy (non-hydrogen) atoms. The quantitative estimate of drug-likeness (QED) is 0.880. The second-order valence-electron chi connectivity index (χ2n) is 3.97. The molecule has 100 valence electrons. The zero-order valence-corrected chi connectivity index (χ0v) is 9.66. The van der Waals surface area contributed by atoms with E-state index >= 15 is 0 Å². The van der Waals surface area contributed by atoms with Crippen molar-refractivity contribution < 1.29 is 18.3 Å². The summed E-state index contributed by atoms with van der Waals surface area (Å²) >= 11 is 0. The predicted molar refractivity (Wildman–Crippen MR) is 63.4 cm³/mol. The lowest BCUT2D eigenvalue weighted by atomic mass is 10.0. The number of pyridine rings is 1. The Hall–Kier alpha value is -2.08. The fourth-order valence-corrected chi connectivity index (χ4v) is 1.78. The molecule has 0 saturated heterocycles. The summed E-state index contributed by atoms with van der Waals surface area (Å²) in [5, 5.41) is 9.16. The van der Waals surface area contributed by atoms with E-state index in [4.69, 9.17) is 5.11 Å². The Labute approximate surface area is 106 Å². The average Bonchev–Trinajstić information content (AvgIpc) is 2.37. The van der Waals surface area contributed by atoms with E-state index in [1.165, 1.54) is 18.3 Å². The molecule has 0 fully saturated rings. The van der Waals surface area contributed by atoms with E-state index in [1.54, 1.807) is 0 Å². The zero-order chi connectivity index (χ0) is 14.0. The van der Waals surface area contributed by atoms with Gasteiger partial charge >= 0.3 is 6.18 Å². The third kappa shape index (κ3) is 2.85. The fourth-order valence-electron chi connectivity index (χ4n) is 1.78. The summed E-state index contributed by atoms with van der Waals surface area (Å²) in [7, 11) is 0. The van der Waals surface area contributed by atoms with Gasteiger partial charge in [-0.15, -0.1) is 0 Å². The Morgan fingerprint density at radius 1 is 1.21 bits per heavy atom. The van der Waals surface area contributed by atoms with Crippen molar-refractivity contribution >= 4 is 0 Å². The van der Waals surface area contributed by atoms with E-state index in [-0.39, 0.29) is 11.1 Å². The molecular weight excluding hydrogens is 259 g/mol. The van der Waals surface area contributed by atoms with Crippen LogP contribution in [0.1, 0.15) is 11.1 Å². The Morgan fingerprint density at radius 3 is 2.58 bits per heavy atom. The molecule has 0 atom stereocenters. The van der Waals surface area contributed by atoms with Crippen LogP contribution < -0.4 is 5.56 Å². The Balaban J connectivity index is 2.56. The first-order valence-corrected chi connectivity index (χ1v) is 5.42. The maximum atomic E-state index is 12.6. The van der Waals surface area contributed by atoms with Crippen molar-refractivity contribution in [3.05, 3.63) is 58.0 Å². The van der Waals surface area contributed by atoms with Gasteiger partial charge in [-0.2, -0.15) is 13.2 Å². The number of aliphatic hydroxyl groups excluding tert-OH is 1. The topological polar surface area (TPSA) is 53.1 Å². The predicted octanol–water partition coefficient (Wildman–Crippen LogP) is 2.55. The number of hydrogen-bond donors (Lipinski definition) is 2. The highest BCUT2D eigenvalue weighted by atomic mass is 19.4. The molecule has 2 rings (SSSR count). The van der Waals surface area contributed by atoms with E-state index in [0.717, 1.165) is 18.2 Å². The number of halogens is 3. The van der Waals surface area contributed by atoms with Crippen LogP contribution in [0.15, 0.2) is 41.3 Å². The van der Waals surface area contributed by atoms with Gasteiger partial charge in [-0.3, -0.25) is 4.79 Å². The van der Waals surface area contributed by atoms with Gasteiger partial charge in [0, 0.05) is 17.8 Å². The van der Waals surface area contributed by atoms with Crippen LogP contribution in [0.3, 0.4) is 0 Å². The lowest BCUT2D eigenvalue weighted by molar-refractivity contribution is -0.137. The highest BCUT2D eigenvalue weighted by Crippen LogP contribution is 2.32. The maximum Gasteiger partial charge on any atom is 0.416 e. The number of aliphatic hydroxyl groups is 1. The summed E-state index contributed by atoms with van der Waals surface area (Å²) in [4.78, 5) is 13.5. The Bertz CT molecular complexity index is 647. The molecule has 0 radical (unpaired) electrons. The molecule has 3 nitrogen and oxygen atoms in total. The molecule has 0 aliphatic rings. The minimum absolute atomic E-state index is 0.281. The van der Waals surface area contributed by atoms with Gasteiger partial charge in [-0.25, -0.2) is 0 Å². The first-order chi connectivity index (χ1) is 8.91. The summed E-state index contributed by atoms with van der Waals surface area (Å²) < 4.78 is 37.9. The van der Waals surface area contributed by atoms with Gasteiger partial charge in [-0.05, 0) is 23.3 Å². The number of alkyl halides is 3. The van der Waals surface area contributed by atoms with Gasteiger partial charge in [0.1, 0.15) is 0 Å². The second kappa shape index (κ2) is 4.89. The monoisotopic (exact) mass is 269 g/mol. The number of H-pyrrole nitrogens is 1. The van der Waals surface area contributed by atoms with Crippen molar-refractivity contribution in [2.24, 2.45) is 0 Å². The van der Waals surface area contributed by atoms with E-state index in [2.05, 4.69) is 4.98 Å². The van der Waals surface area contributed by atoms with Crippen molar-refractivity contribution in [2.75, 3.05) is 0 Å². The van der Waals surface area contributed by atoms with Crippen LogP contribution in [0.4, 0.5) is 13.2 Å². The van der Waals surface area contributed by atoms with E-state index in [0.29, 0.717) is 5.56 Å². The molecule has 2 aromatic rings. The maximum absolute atomic E-state index is 12.6. The molecule has 6 heteroatoms. The van der Waals surface area contributed by atoms with Crippen molar-refractivity contribution in [2.45, 2.75) is 12.8 Å². The molecule has 1 aromatic carbocycles. The molecule has 0 saturated carbocycles. The number of aromatic amines is 1. The standard InChI is InChI=1S/C13H10F3NO2/c14-13(15,16)10-3-1-2-8(4-10)11-6-17-12(19)5-9(11)7-18/h1-6,18H,7H2,(H,17,19). The lowest BCUT2D eigenvalue weighted by Crippen LogP contribution is -2.08. The molecule has 0 aliphatic carbocycles. The van der Waals surface area contributed by atoms with Gasteiger partial charge in [0.2, 0.25) is 5.56 Å². The van der Waals surface area contributed by atoms with Crippen LogP contribution in [0.25, 0.3) is 11.1 Å². The molecule has 0 spiro atoms. The van der Waals surface area contributed by atoms with Crippen LogP contribution in [0, 0.1) is 0 Å². The smallest absolute Gasteiger partial charge is 0.392 e. The minimum atomic E-state index is -4.43. The first-order valence-electron chi connectivity index (χ1n) is 5.42. The summed E-state index contributed by atoms with van der Waals surface area (Å²) in [5.74, 6) is 0. The number of hydrogen-bond acceptors (Lipinski definition) is 2. The highest BCUT2D eigenvalue weighted by molar-refractivity contribution is 5.67. The number of benzene rings is 1. The van der Waals surface area contributed by atoms with Crippen molar-refractivity contribution in [1.82, 2.24) is 4.98 Å². The van der Waals surface area contributed by atoms with E-state index in [9.17, 15) is 18.0 Å². The molecule has 0 amide bonds. The molecule has 0 aliphatic heterocycles. The zero-order valence-electron chi connectivity index (χ0n) is 9.66. The number of nitrogens with one attached hydrogen (secondary N) is 1. The van der Waals surface area contributed by atoms with E-state index in [1.807, 2.05) is 0 Å². The minimum Gasteiger partial charge on any atom is -0.392 e. The normalized spacial score (nSPS) is 11.6. The Kier molecular flexibility index (Phi) is 3.44. The van der Waals surface area contributed by atoms with Crippen molar-refractivity contribution in [3.8, 4) is 11.1 Å². The number of aromatic nitrogens is 1. The summed E-state index contributed by atoms with van der Waals surface area (Å²) in [5.41, 5.74) is -0.258. The summed E-state index contributed by atoms with van der Waals surface area (Å²) in [6.45, 7) is -0.421. The molecular formula is C13H10F3NO2. The fraction of sp³-hybridized carbons (Fsp3) is 0.154. The highest BCUT2D eigenvalue weighted by Gasteiger charge is 2.30. The molecule has 1 heterocycles. The molecule has 2 N–H and O–H groups in total. The van der Waals surface area contributed by atoms with Gasteiger partial charge < -0.3 is 10.1 Å². The van der Waals surface area contributed by atoms with Crippen LogP contribution >= 0.6 is 0 Å². The SMILES string of the molecule is O=c1cc(CO)c(-c2cccc(C(F)(F)F)c2)c[nH]1. The average molecular weight is 269 g/mol. The van der Waals surface area contributed by atoms with Crippen molar-refractivity contribution in [3.63, 3.8) is 0 Å². The van der Waals surface area contributed by atoms with Crippen LogP contribution in [-0.4, -0.2) is 10.1 Å². The van der Waals surface area contributed by atoms with Gasteiger partial charge in [-0.1, -0.05) is 12.1 Å². The molecule has 1 aromatic heterocycles. The lowest BCUT2D eigenvalue weighted by Gasteiger charge is -2.10. The van der Waals surface area contributed by atoms with Gasteiger partial charge in [0.25, 0.3) is 0 Å². The summed E-state index contributed by atoms with van der Waals surface area (Å²) in [6.07, 6.45) is -3.14. The molecule has 0 bridgehead atoms. The summed E-state index contributed by atoms with van der Waals surface area (Å²) in [6, 6.07) is 5.88. The van der Waals surface area contributed by atoms with Crippen molar-refractivity contribution in [1.29, 1.82) is 0 Å². The third-order valence-electron chi connectivity index (χ3n) is 2.68. The molecule has 0 unspecified atom stereocenters. The third-order valence-corrected chi connectivity index (χ3v) is 2.68. The largest absolute Gasteiger partial charge is 0.416 e. The van der Waals surface area contributed by atoms with E-state index < -0.39 is 23.9 Å². The van der Waals surface area contributed by atoms with Crippen LogP contribution in [-0.2, 0) is 12.8 Å². The van der Waals surface area contributed by atoms with Crippen LogP contribution in [0.5, 0.6) is 0 Å². The second-order valence-corrected chi connectivity index (χ2v) is 3.97. The van der Waals surface area contributed by atoms with Gasteiger partial charge in [0.05, 0.1) is 12.2 Å². The van der Waals surface area contributed by atoms with Gasteiger partial charge in [0.15, 0.2) is 0 Å².